The molecule has 0 saturated carbocycles. The molecule has 0 atom stereocenters. The van der Waals surface area contributed by atoms with Crippen LogP contribution in [-0.4, -0.2) is 36.3 Å². The zero-order valence-corrected chi connectivity index (χ0v) is 18.0. The average Bonchev–Trinajstić information content (AvgIpc) is 3.28. The van der Waals surface area contributed by atoms with Crippen molar-refractivity contribution in [2.24, 2.45) is 0 Å². The second-order valence-corrected chi connectivity index (χ2v) is 7.26. The first-order valence-electron chi connectivity index (χ1n) is 10.1. The number of nitrogens with one attached hydrogen (secondary N) is 2. The molecule has 0 radical (unpaired) electrons. The predicted octanol–water partition coefficient (Wildman–Crippen LogP) is 5.55. The molecule has 3 aromatic heterocycles. The van der Waals surface area contributed by atoms with E-state index in [0.717, 1.165) is 44.6 Å². The van der Waals surface area contributed by atoms with Crippen LogP contribution in [0.4, 0.5) is 11.4 Å². The quantitative estimate of drug-likeness (QED) is 0.371. The predicted molar refractivity (Wildman–Crippen MR) is 126 cm³/mol. The highest BCUT2D eigenvalue weighted by Gasteiger charge is 2.16. The van der Waals surface area contributed by atoms with Crippen LogP contribution in [0.25, 0.3) is 33.2 Å². The highest BCUT2D eigenvalue weighted by Crippen LogP contribution is 2.41. The number of aromatic amines is 1. The Balaban J connectivity index is 1.56. The Labute approximate surface area is 185 Å². The van der Waals surface area contributed by atoms with Crippen LogP contribution in [0.1, 0.15) is 0 Å². The monoisotopic (exact) mass is 426 g/mol. The summed E-state index contributed by atoms with van der Waals surface area (Å²) >= 11 is 0. The smallest absolute Gasteiger partial charge is 0.203 e. The number of ether oxygens (including phenoxy) is 3. The SMILES string of the molecule is COc1cc(-c2cc3c(Nc4cnc5ccccc5c4)ccnc3[nH]2)cc(OC)c1OC. The Bertz CT molecular complexity index is 1400. The zero-order chi connectivity index (χ0) is 22.1. The summed E-state index contributed by atoms with van der Waals surface area (Å²) in [6.45, 7) is 0. The third kappa shape index (κ3) is 3.43. The van der Waals surface area contributed by atoms with Crippen molar-refractivity contribution < 1.29 is 14.2 Å². The Kier molecular flexibility index (Phi) is 4.99. The van der Waals surface area contributed by atoms with Gasteiger partial charge in [-0.2, -0.15) is 0 Å². The molecule has 32 heavy (non-hydrogen) atoms. The zero-order valence-electron chi connectivity index (χ0n) is 18.0. The van der Waals surface area contributed by atoms with Crippen LogP contribution in [0.2, 0.25) is 0 Å². The summed E-state index contributed by atoms with van der Waals surface area (Å²) in [5.41, 5.74) is 5.36. The van der Waals surface area contributed by atoms with Crippen LogP contribution >= 0.6 is 0 Å². The molecule has 2 N–H and O–H groups in total. The van der Waals surface area contributed by atoms with Crippen molar-refractivity contribution in [3.05, 3.63) is 67.0 Å². The highest BCUT2D eigenvalue weighted by molar-refractivity contribution is 5.95. The van der Waals surface area contributed by atoms with E-state index >= 15 is 0 Å². The minimum Gasteiger partial charge on any atom is -0.493 e. The maximum Gasteiger partial charge on any atom is 0.203 e. The van der Waals surface area contributed by atoms with Gasteiger partial charge in [-0.15, -0.1) is 0 Å². The van der Waals surface area contributed by atoms with E-state index in [1.54, 1.807) is 27.5 Å². The van der Waals surface area contributed by atoms with Gasteiger partial charge in [0.1, 0.15) is 5.65 Å². The fourth-order valence-electron chi connectivity index (χ4n) is 3.82. The molecular weight excluding hydrogens is 404 g/mol. The van der Waals surface area contributed by atoms with Crippen molar-refractivity contribution in [1.82, 2.24) is 15.0 Å². The lowest BCUT2D eigenvalue weighted by atomic mass is 10.1. The van der Waals surface area contributed by atoms with E-state index in [4.69, 9.17) is 14.2 Å². The molecule has 5 rings (SSSR count). The first-order valence-corrected chi connectivity index (χ1v) is 10.1. The second kappa shape index (κ2) is 8.11. The van der Waals surface area contributed by atoms with Gasteiger partial charge in [0, 0.05) is 28.2 Å². The summed E-state index contributed by atoms with van der Waals surface area (Å²) in [6.07, 6.45) is 3.61. The van der Waals surface area contributed by atoms with Crippen LogP contribution in [0.15, 0.2) is 67.0 Å². The minimum atomic E-state index is 0.555. The molecule has 0 spiro atoms. The summed E-state index contributed by atoms with van der Waals surface area (Å²) in [5, 5.41) is 5.52. The normalized spacial score (nSPS) is 11.0. The van der Waals surface area contributed by atoms with Gasteiger partial charge < -0.3 is 24.5 Å². The van der Waals surface area contributed by atoms with Crippen LogP contribution in [0, 0.1) is 0 Å². The number of methoxy groups -OCH3 is 3. The van der Waals surface area contributed by atoms with Crippen molar-refractivity contribution in [1.29, 1.82) is 0 Å². The molecule has 0 amide bonds. The van der Waals surface area contributed by atoms with Gasteiger partial charge in [-0.3, -0.25) is 4.98 Å². The van der Waals surface area contributed by atoms with Crippen molar-refractivity contribution in [2.75, 3.05) is 26.6 Å². The van der Waals surface area contributed by atoms with Crippen LogP contribution in [0.5, 0.6) is 17.2 Å². The molecule has 0 aliphatic rings. The maximum atomic E-state index is 5.50. The van der Waals surface area contributed by atoms with Gasteiger partial charge in [0.2, 0.25) is 5.75 Å². The number of aromatic nitrogens is 3. The van der Waals surface area contributed by atoms with E-state index in [1.165, 1.54) is 0 Å². The molecule has 7 heteroatoms. The molecule has 0 unspecified atom stereocenters. The highest BCUT2D eigenvalue weighted by atomic mass is 16.5. The Hall–Kier alpha value is -4.26. The number of H-pyrrole nitrogens is 1. The molecule has 0 fully saturated rings. The van der Waals surface area contributed by atoms with Crippen LogP contribution in [-0.2, 0) is 0 Å². The fourth-order valence-corrected chi connectivity index (χ4v) is 3.82. The second-order valence-electron chi connectivity index (χ2n) is 7.26. The minimum absolute atomic E-state index is 0.555. The number of anilines is 2. The largest absolute Gasteiger partial charge is 0.493 e. The lowest BCUT2D eigenvalue weighted by Gasteiger charge is -2.13. The van der Waals surface area contributed by atoms with Gasteiger partial charge in [-0.1, -0.05) is 18.2 Å². The molecule has 3 heterocycles. The lowest BCUT2D eigenvalue weighted by molar-refractivity contribution is 0.324. The number of rotatable bonds is 6. The van der Waals surface area contributed by atoms with E-state index in [9.17, 15) is 0 Å². The summed E-state index contributed by atoms with van der Waals surface area (Å²) in [5.74, 6) is 1.74. The molecule has 0 saturated heterocycles. The number of benzene rings is 2. The van der Waals surface area contributed by atoms with Crippen LogP contribution < -0.4 is 19.5 Å². The Morgan fingerprint density at radius 3 is 2.38 bits per heavy atom. The first kappa shape index (κ1) is 19.7. The molecular formula is C25H22N4O3. The van der Waals surface area contributed by atoms with E-state index in [2.05, 4.69) is 38.5 Å². The van der Waals surface area contributed by atoms with Gasteiger partial charge in [-0.25, -0.2) is 4.98 Å². The molecule has 5 aromatic rings. The van der Waals surface area contributed by atoms with Gasteiger partial charge >= 0.3 is 0 Å². The third-order valence-corrected chi connectivity index (χ3v) is 5.38. The number of hydrogen-bond donors (Lipinski definition) is 2. The lowest BCUT2D eigenvalue weighted by Crippen LogP contribution is -1.95. The van der Waals surface area contributed by atoms with Gasteiger partial charge in [0.15, 0.2) is 11.5 Å². The van der Waals surface area contributed by atoms with Crippen molar-refractivity contribution in [2.45, 2.75) is 0 Å². The molecule has 0 bridgehead atoms. The third-order valence-electron chi connectivity index (χ3n) is 5.38. The van der Waals surface area contributed by atoms with Gasteiger partial charge in [-0.05, 0) is 36.4 Å². The molecule has 160 valence electrons. The van der Waals surface area contributed by atoms with Crippen molar-refractivity contribution in [3.8, 4) is 28.5 Å². The maximum absolute atomic E-state index is 5.50. The molecule has 7 nitrogen and oxygen atoms in total. The molecule has 2 aromatic carbocycles. The van der Waals surface area contributed by atoms with E-state index in [-0.39, 0.29) is 0 Å². The van der Waals surface area contributed by atoms with E-state index in [0.29, 0.717) is 17.2 Å². The summed E-state index contributed by atoms with van der Waals surface area (Å²) in [7, 11) is 4.80. The topological polar surface area (TPSA) is 81.3 Å². The summed E-state index contributed by atoms with van der Waals surface area (Å²) in [4.78, 5) is 12.4. The van der Waals surface area contributed by atoms with Crippen LogP contribution in [0.3, 0.4) is 0 Å². The average molecular weight is 426 g/mol. The number of nitrogens with zero attached hydrogens (tertiary/aromatic N) is 2. The summed E-state index contributed by atoms with van der Waals surface area (Å²) < 4.78 is 16.4. The fraction of sp³-hybridized carbons (Fsp3) is 0.120. The molecule has 0 aliphatic carbocycles. The van der Waals surface area contributed by atoms with Gasteiger partial charge in [0.05, 0.1) is 44.4 Å². The Morgan fingerprint density at radius 2 is 1.62 bits per heavy atom. The van der Waals surface area contributed by atoms with Crippen molar-refractivity contribution >= 4 is 33.3 Å². The van der Waals surface area contributed by atoms with E-state index < -0.39 is 0 Å². The van der Waals surface area contributed by atoms with Gasteiger partial charge in [0.25, 0.3) is 0 Å². The Morgan fingerprint density at radius 1 is 0.844 bits per heavy atom. The number of fused-ring (bicyclic) bond motifs is 2. The van der Waals surface area contributed by atoms with Crippen molar-refractivity contribution in [3.63, 3.8) is 0 Å². The molecule has 0 aliphatic heterocycles. The first-order chi connectivity index (χ1) is 15.7. The number of hydrogen-bond acceptors (Lipinski definition) is 6. The standard InChI is InChI=1S/C25H22N4O3/c1-30-22-11-16(12-23(31-2)24(22)32-3)21-13-18-20(8-9-26-25(18)29-21)28-17-10-15-6-4-5-7-19(15)27-14-17/h4-14H,1-3H3,(H2,26,28,29). The number of pyridine rings is 2. The number of para-hydroxylation sites is 1. The van der Waals surface area contributed by atoms with E-state index in [1.807, 2.05) is 42.6 Å². The summed E-state index contributed by atoms with van der Waals surface area (Å²) in [6, 6.07) is 18.0.